The van der Waals surface area contributed by atoms with Crippen LogP contribution >= 0.6 is 35.1 Å². The van der Waals surface area contributed by atoms with Crippen molar-refractivity contribution in [2.45, 2.75) is 5.25 Å². The standard InChI is InChI=1S/C13H15ClN2O3S2/c14-10-2-1-8(12(17)18)5-11(10)16-13(19)15-6-9-7-20-3-4-21-9/h1-2,5,9H,3-4,6-7H2,(H,17,18)(H2,15,16,19). The van der Waals surface area contributed by atoms with Crippen LogP contribution in [0.1, 0.15) is 10.4 Å². The first kappa shape index (κ1) is 16.3. The second-order valence-electron chi connectivity index (χ2n) is 4.40. The van der Waals surface area contributed by atoms with E-state index in [4.69, 9.17) is 16.7 Å². The Morgan fingerprint density at radius 3 is 2.86 bits per heavy atom. The fourth-order valence-electron chi connectivity index (χ4n) is 1.78. The third-order valence-corrected chi connectivity index (χ3v) is 6.01. The van der Waals surface area contributed by atoms with Gasteiger partial charge < -0.3 is 15.7 Å². The van der Waals surface area contributed by atoms with E-state index < -0.39 is 5.97 Å². The summed E-state index contributed by atoms with van der Waals surface area (Å²) in [7, 11) is 0. The molecular weight excluding hydrogens is 332 g/mol. The van der Waals surface area contributed by atoms with E-state index in [9.17, 15) is 9.59 Å². The number of thioether (sulfide) groups is 2. The monoisotopic (exact) mass is 346 g/mol. The number of anilines is 1. The van der Waals surface area contributed by atoms with Crippen molar-refractivity contribution in [3.8, 4) is 0 Å². The topological polar surface area (TPSA) is 78.4 Å². The van der Waals surface area contributed by atoms with Gasteiger partial charge in [-0.15, -0.1) is 0 Å². The van der Waals surface area contributed by atoms with Gasteiger partial charge in [0.25, 0.3) is 0 Å². The normalized spacial score (nSPS) is 18.0. The number of amides is 2. The van der Waals surface area contributed by atoms with Crippen molar-refractivity contribution in [2.24, 2.45) is 0 Å². The van der Waals surface area contributed by atoms with E-state index in [-0.39, 0.29) is 11.6 Å². The van der Waals surface area contributed by atoms with Crippen LogP contribution in [-0.4, -0.2) is 46.2 Å². The maximum absolute atomic E-state index is 11.8. The molecule has 2 amide bonds. The van der Waals surface area contributed by atoms with Crippen LogP contribution in [0.3, 0.4) is 0 Å². The van der Waals surface area contributed by atoms with E-state index in [0.717, 1.165) is 17.3 Å². The van der Waals surface area contributed by atoms with Gasteiger partial charge in [0.05, 0.1) is 16.3 Å². The highest BCUT2D eigenvalue weighted by Gasteiger charge is 2.16. The Bertz CT molecular complexity index is 536. The molecule has 1 fully saturated rings. The van der Waals surface area contributed by atoms with Crippen LogP contribution in [-0.2, 0) is 0 Å². The summed E-state index contributed by atoms with van der Waals surface area (Å²) in [6.07, 6.45) is 0. The van der Waals surface area contributed by atoms with E-state index >= 15 is 0 Å². The van der Waals surface area contributed by atoms with Gasteiger partial charge in [-0.3, -0.25) is 0 Å². The average molecular weight is 347 g/mol. The summed E-state index contributed by atoms with van der Waals surface area (Å²) < 4.78 is 0. The molecule has 5 nitrogen and oxygen atoms in total. The molecule has 1 aliphatic rings. The summed E-state index contributed by atoms with van der Waals surface area (Å²) in [6, 6.07) is 3.81. The lowest BCUT2D eigenvalue weighted by molar-refractivity contribution is 0.0697. The number of rotatable bonds is 4. The van der Waals surface area contributed by atoms with Gasteiger partial charge in [-0.05, 0) is 18.2 Å². The summed E-state index contributed by atoms with van der Waals surface area (Å²) in [4.78, 5) is 22.8. The largest absolute Gasteiger partial charge is 0.478 e. The number of hydrogen-bond donors (Lipinski definition) is 3. The summed E-state index contributed by atoms with van der Waals surface area (Å²) in [5.74, 6) is 2.22. The molecule has 1 aromatic carbocycles. The third kappa shape index (κ3) is 5.01. The van der Waals surface area contributed by atoms with Crippen LogP contribution in [0.15, 0.2) is 18.2 Å². The quantitative estimate of drug-likeness (QED) is 0.781. The molecule has 1 saturated heterocycles. The Kier molecular flexibility index (Phi) is 6.08. The van der Waals surface area contributed by atoms with Gasteiger partial charge in [0.15, 0.2) is 0 Å². The minimum absolute atomic E-state index is 0.0777. The molecule has 0 aromatic heterocycles. The van der Waals surface area contributed by atoms with Crippen molar-refractivity contribution in [3.63, 3.8) is 0 Å². The third-order valence-electron chi connectivity index (χ3n) is 2.84. The van der Waals surface area contributed by atoms with Crippen molar-refractivity contribution < 1.29 is 14.7 Å². The fourth-order valence-corrected chi connectivity index (χ4v) is 4.56. The molecule has 1 aromatic rings. The van der Waals surface area contributed by atoms with E-state index in [2.05, 4.69) is 10.6 Å². The van der Waals surface area contributed by atoms with E-state index in [1.165, 1.54) is 18.2 Å². The van der Waals surface area contributed by atoms with Crippen molar-refractivity contribution in [1.82, 2.24) is 5.32 Å². The molecule has 0 aliphatic carbocycles. The molecule has 0 radical (unpaired) electrons. The van der Waals surface area contributed by atoms with Crippen LogP contribution in [0.25, 0.3) is 0 Å². The number of benzene rings is 1. The maximum atomic E-state index is 11.8. The van der Waals surface area contributed by atoms with Crippen LogP contribution in [0.2, 0.25) is 5.02 Å². The highest BCUT2D eigenvalue weighted by Crippen LogP contribution is 2.24. The highest BCUT2D eigenvalue weighted by atomic mass is 35.5. The van der Waals surface area contributed by atoms with Gasteiger partial charge in [-0.1, -0.05) is 11.6 Å². The van der Waals surface area contributed by atoms with E-state index in [0.29, 0.717) is 22.5 Å². The summed E-state index contributed by atoms with van der Waals surface area (Å²) in [5, 5.41) is 15.0. The fraction of sp³-hybridized carbons (Fsp3) is 0.385. The Morgan fingerprint density at radius 2 is 2.19 bits per heavy atom. The smallest absolute Gasteiger partial charge is 0.335 e. The summed E-state index contributed by atoms with van der Waals surface area (Å²) >= 11 is 9.69. The number of carboxylic acids is 1. The van der Waals surface area contributed by atoms with E-state index in [1.54, 1.807) is 0 Å². The summed E-state index contributed by atoms with van der Waals surface area (Å²) in [5.41, 5.74) is 0.369. The van der Waals surface area contributed by atoms with Crippen LogP contribution in [0.5, 0.6) is 0 Å². The Hall–Kier alpha value is -1.05. The number of nitrogens with one attached hydrogen (secondary N) is 2. The molecule has 3 N–H and O–H groups in total. The Morgan fingerprint density at radius 1 is 1.38 bits per heavy atom. The maximum Gasteiger partial charge on any atom is 0.335 e. The molecule has 114 valence electrons. The first-order valence-electron chi connectivity index (χ1n) is 6.33. The number of hydrogen-bond acceptors (Lipinski definition) is 4. The van der Waals surface area contributed by atoms with Gasteiger partial charge in [-0.2, -0.15) is 23.5 Å². The first-order chi connectivity index (χ1) is 10.1. The number of urea groups is 1. The minimum atomic E-state index is -1.06. The van der Waals surface area contributed by atoms with Gasteiger partial charge in [0.1, 0.15) is 0 Å². The molecular formula is C13H15ClN2O3S2. The molecule has 1 unspecified atom stereocenters. The molecule has 2 rings (SSSR count). The Balaban J connectivity index is 1.89. The average Bonchev–Trinajstić information content (AvgIpc) is 2.48. The second kappa shape index (κ2) is 7.82. The number of halogens is 1. The van der Waals surface area contributed by atoms with Crippen LogP contribution in [0.4, 0.5) is 10.5 Å². The second-order valence-corrected chi connectivity index (χ2v) is 7.37. The number of carbonyl (C=O) groups excluding carboxylic acids is 1. The zero-order chi connectivity index (χ0) is 15.2. The predicted molar refractivity (Wildman–Crippen MR) is 89.0 cm³/mol. The summed E-state index contributed by atoms with van der Waals surface area (Å²) in [6.45, 7) is 0.583. The molecule has 21 heavy (non-hydrogen) atoms. The van der Waals surface area contributed by atoms with E-state index in [1.807, 2.05) is 23.5 Å². The van der Waals surface area contributed by atoms with Gasteiger partial charge >= 0.3 is 12.0 Å². The van der Waals surface area contributed by atoms with Crippen LogP contribution in [0, 0.1) is 0 Å². The van der Waals surface area contributed by atoms with Crippen molar-refractivity contribution >= 4 is 52.8 Å². The van der Waals surface area contributed by atoms with Gasteiger partial charge in [0, 0.05) is 29.1 Å². The number of carbonyl (C=O) groups is 2. The van der Waals surface area contributed by atoms with Crippen molar-refractivity contribution in [3.05, 3.63) is 28.8 Å². The highest BCUT2D eigenvalue weighted by molar-refractivity contribution is 8.06. The lowest BCUT2D eigenvalue weighted by atomic mass is 10.2. The molecule has 8 heteroatoms. The van der Waals surface area contributed by atoms with Crippen molar-refractivity contribution in [2.75, 3.05) is 29.1 Å². The lowest BCUT2D eigenvalue weighted by Crippen LogP contribution is -2.36. The lowest BCUT2D eigenvalue weighted by Gasteiger charge is -2.21. The zero-order valence-electron chi connectivity index (χ0n) is 11.1. The van der Waals surface area contributed by atoms with Gasteiger partial charge in [-0.25, -0.2) is 9.59 Å². The first-order valence-corrected chi connectivity index (χ1v) is 8.91. The predicted octanol–water partition coefficient (Wildman–Crippen LogP) is 3.01. The Labute approximate surface area is 136 Å². The molecule has 0 bridgehead atoms. The van der Waals surface area contributed by atoms with Crippen molar-refractivity contribution in [1.29, 1.82) is 0 Å². The molecule has 1 atom stereocenters. The molecule has 1 aliphatic heterocycles. The van der Waals surface area contributed by atoms with Gasteiger partial charge in [0.2, 0.25) is 0 Å². The van der Waals surface area contributed by atoms with Crippen LogP contribution < -0.4 is 10.6 Å². The molecule has 1 heterocycles. The number of carboxylic acid groups (broad SMARTS) is 1. The molecule has 0 saturated carbocycles. The number of aromatic carboxylic acids is 1. The zero-order valence-corrected chi connectivity index (χ0v) is 13.5. The SMILES string of the molecule is O=C(NCC1CSCCS1)Nc1cc(C(=O)O)ccc1Cl. The molecule has 0 spiro atoms. The minimum Gasteiger partial charge on any atom is -0.478 e.